The number of hydrogen-bond donors (Lipinski definition) is 2. The van der Waals surface area contributed by atoms with Crippen molar-refractivity contribution < 1.29 is 5.11 Å². The molecule has 2 saturated carbocycles. The lowest BCUT2D eigenvalue weighted by atomic mass is 9.95. The molecule has 4 atom stereocenters. The van der Waals surface area contributed by atoms with Crippen LogP contribution in [0.5, 0.6) is 0 Å². The van der Waals surface area contributed by atoms with E-state index in [1.807, 2.05) is 0 Å². The maximum atomic E-state index is 8.90. The summed E-state index contributed by atoms with van der Waals surface area (Å²) in [5.74, 6) is 1.92. The topological polar surface area (TPSA) is 32.3 Å². The van der Waals surface area contributed by atoms with Crippen LogP contribution in [-0.4, -0.2) is 23.8 Å². The first-order valence-corrected chi connectivity index (χ1v) is 5.16. The number of aliphatic hydroxyl groups is 1. The van der Waals surface area contributed by atoms with Crippen molar-refractivity contribution >= 4 is 0 Å². The molecule has 0 unspecified atom stereocenters. The minimum Gasteiger partial charge on any atom is -0.395 e. The zero-order valence-corrected chi connectivity index (χ0v) is 7.79. The van der Waals surface area contributed by atoms with Crippen LogP contribution in [0.3, 0.4) is 0 Å². The maximum absolute atomic E-state index is 8.90. The van der Waals surface area contributed by atoms with E-state index < -0.39 is 0 Å². The van der Waals surface area contributed by atoms with Crippen molar-refractivity contribution in [2.75, 3.05) is 6.61 Å². The van der Waals surface area contributed by atoms with Crippen molar-refractivity contribution in [3.05, 3.63) is 0 Å². The second-order valence-electron chi connectivity index (χ2n) is 4.53. The molecule has 0 radical (unpaired) electrons. The van der Waals surface area contributed by atoms with Gasteiger partial charge in [-0.3, -0.25) is 0 Å². The highest BCUT2D eigenvalue weighted by Crippen LogP contribution is 2.44. The van der Waals surface area contributed by atoms with Crippen molar-refractivity contribution in [1.82, 2.24) is 5.32 Å². The monoisotopic (exact) mass is 169 g/mol. The van der Waals surface area contributed by atoms with E-state index in [0.29, 0.717) is 6.04 Å². The molecule has 2 bridgehead atoms. The smallest absolute Gasteiger partial charge is 0.0582 e. The largest absolute Gasteiger partial charge is 0.395 e. The zero-order valence-electron chi connectivity index (χ0n) is 7.79. The lowest BCUT2D eigenvalue weighted by Crippen LogP contribution is -2.41. The fraction of sp³-hybridized carbons (Fsp3) is 1.00. The lowest BCUT2D eigenvalue weighted by molar-refractivity contribution is 0.223. The highest BCUT2D eigenvalue weighted by atomic mass is 16.3. The number of fused-ring (bicyclic) bond motifs is 2. The molecule has 0 heterocycles. The van der Waals surface area contributed by atoms with E-state index in [2.05, 4.69) is 12.2 Å². The quantitative estimate of drug-likeness (QED) is 0.664. The van der Waals surface area contributed by atoms with Crippen LogP contribution < -0.4 is 5.32 Å². The van der Waals surface area contributed by atoms with Crippen molar-refractivity contribution in [2.24, 2.45) is 11.8 Å². The Balaban J connectivity index is 1.82. The first-order valence-electron chi connectivity index (χ1n) is 5.16. The predicted octanol–water partition coefficient (Wildman–Crippen LogP) is 1.15. The van der Waals surface area contributed by atoms with Crippen LogP contribution >= 0.6 is 0 Å². The van der Waals surface area contributed by atoms with Gasteiger partial charge in [-0.2, -0.15) is 0 Å². The number of rotatable bonds is 3. The molecule has 2 heteroatoms. The molecular weight excluding hydrogens is 150 g/mol. The molecule has 2 nitrogen and oxygen atoms in total. The number of nitrogens with one attached hydrogen (secondary N) is 1. The van der Waals surface area contributed by atoms with Gasteiger partial charge in [-0.15, -0.1) is 0 Å². The van der Waals surface area contributed by atoms with Gasteiger partial charge in [0, 0.05) is 12.1 Å². The highest BCUT2D eigenvalue weighted by Gasteiger charge is 2.39. The van der Waals surface area contributed by atoms with Gasteiger partial charge in [-0.1, -0.05) is 6.42 Å². The molecule has 0 saturated heterocycles. The molecule has 70 valence electrons. The second-order valence-corrected chi connectivity index (χ2v) is 4.53. The normalized spacial score (nSPS) is 42.0. The molecule has 0 amide bonds. The summed E-state index contributed by atoms with van der Waals surface area (Å²) in [6.45, 7) is 2.33. The number of hydrogen-bond acceptors (Lipinski definition) is 2. The minimum atomic E-state index is 0.272. The minimum absolute atomic E-state index is 0.272. The van der Waals surface area contributed by atoms with E-state index in [1.165, 1.54) is 25.7 Å². The van der Waals surface area contributed by atoms with Crippen LogP contribution in [0.1, 0.15) is 32.6 Å². The number of aliphatic hydroxyl groups excluding tert-OH is 1. The van der Waals surface area contributed by atoms with Gasteiger partial charge >= 0.3 is 0 Å². The molecule has 2 fully saturated rings. The van der Waals surface area contributed by atoms with Crippen LogP contribution in [0.25, 0.3) is 0 Å². The Labute approximate surface area is 74.4 Å². The molecule has 2 aliphatic rings. The van der Waals surface area contributed by atoms with E-state index >= 15 is 0 Å². The summed E-state index contributed by atoms with van der Waals surface area (Å²) < 4.78 is 0. The molecular formula is C10H19NO. The fourth-order valence-corrected chi connectivity index (χ4v) is 2.87. The summed E-state index contributed by atoms with van der Waals surface area (Å²) in [5.41, 5.74) is 0. The lowest BCUT2D eigenvalue weighted by Gasteiger charge is -2.25. The molecule has 0 aromatic carbocycles. The van der Waals surface area contributed by atoms with E-state index in [-0.39, 0.29) is 12.6 Å². The first-order chi connectivity index (χ1) is 5.79. The Morgan fingerprint density at radius 3 is 2.75 bits per heavy atom. The first kappa shape index (κ1) is 8.52. The van der Waals surface area contributed by atoms with Crippen LogP contribution in [0.15, 0.2) is 0 Å². The van der Waals surface area contributed by atoms with Gasteiger partial charge in [0.25, 0.3) is 0 Å². The average molecular weight is 169 g/mol. The summed E-state index contributed by atoms with van der Waals surface area (Å²) >= 11 is 0. The van der Waals surface area contributed by atoms with Crippen molar-refractivity contribution in [1.29, 1.82) is 0 Å². The van der Waals surface area contributed by atoms with Gasteiger partial charge in [0.15, 0.2) is 0 Å². The Kier molecular flexibility index (Phi) is 2.37. The third-order valence-corrected chi connectivity index (χ3v) is 3.51. The van der Waals surface area contributed by atoms with Crippen LogP contribution in [-0.2, 0) is 0 Å². The van der Waals surface area contributed by atoms with Gasteiger partial charge < -0.3 is 10.4 Å². The van der Waals surface area contributed by atoms with E-state index in [4.69, 9.17) is 5.11 Å². The summed E-state index contributed by atoms with van der Waals surface area (Å²) in [6.07, 6.45) is 5.67. The Morgan fingerprint density at radius 2 is 2.25 bits per heavy atom. The van der Waals surface area contributed by atoms with Crippen molar-refractivity contribution in [3.8, 4) is 0 Å². The molecule has 0 aliphatic heterocycles. The Hall–Kier alpha value is -0.0800. The highest BCUT2D eigenvalue weighted by molar-refractivity contribution is 4.94. The Bertz CT molecular complexity index is 160. The standard InChI is InChI=1S/C10H19NO/c1-7(6-12)11-10-5-8-2-3-9(10)4-8/h7-12H,2-6H2,1H3/t7-,8-,9-,10-/m1/s1. The zero-order chi connectivity index (χ0) is 8.55. The van der Waals surface area contributed by atoms with E-state index in [9.17, 15) is 0 Å². The predicted molar refractivity (Wildman–Crippen MR) is 48.9 cm³/mol. The molecule has 0 spiro atoms. The van der Waals surface area contributed by atoms with Gasteiger partial charge in [-0.05, 0) is 38.0 Å². The average Bonchev–Trinajstić information content (AvgIpc) is 2.64. The summed E-state index contributed by atoms with van der Waals surface area (Å²) in [7, 11) is 0. The molecule has 0 aromatic rings. The molecule has 2 aliphatic carbocycles. The van der Waals surface area contributed by atoms with Gasteiger partial charge in [-0.25, -0.2) is 0 Å². The van der Waals surface area contributed by atoms with Crippen molar-refractivity contribution in [3.63, 3.8) is 0 Å². The van der Waals surface area contributed by atoms with Crippen molar-refractivity contribution in [2.45, 2.75) is 44.7 Å². The van der Waals surface area contributed by atoms with Crippen LogP contribution in [0.4, 0.5) is 0 Å². The molecule has 2 rings (SSSR count). The van der Waals surface area contributed by atoms with Crippen LogP contribution in [0, 0.1) is 11.8 Å². The van der Waals surface area contributed by atoms with Gasteiger partial charge in [0.05, 0.1) is 6.61 Å². The molecule has 12 heavy (non-hydrogen) atoms. The van der Waals surface area contributed by atoms with E-state index in [0.717, 1.165) is 11.8 Å². The molecule has 0 aromatic heterocycles. The molecule has 2 N–H and O–H groups in total. The van der Waals surface area contributed by atoms with Gasteiger partial charge in [0.2, 0.25) is 0 Å². The third-order valence-electron chi connectivity index (χ3n) is 3.51. The summed E-state index contributed by atoms with van der Waals surface area (Å²) in [5, 5.41) is 12.4. The van der Waals surface area contributed by atoms with Crippen LogP contribution in [0.2, 0.25) is 0 Å². The SMILES string of the molecule is C[C@H](CO)N[C@@H]1C[C@@H]2CC[C@@H]1C2. The van der Waals surface area contributed by atoms with E-state index in [1.54, 1.807) is 0 Å². The third kappa shape index (κ3) is 1.50. The second kappa shape index (κ2) is 3.35. The Morgan fingerprint density at radius 1 is 1.42 bits per heavy atom. The van der Waals surface area contributed by atoms with Gasteiger partial charge in [0.1, 0.15) is 0 Å². The maximum Gasteiger partial charge on any atom is 0.0582 e. The fourth-order valence-electron chi connectivity index (χ4n) is 2.87. The summed E-state index contributed by atoms with van der Waals surface area (Å²) in [6, 6.07) is 1.00. The summed E-state index contributed by atoms with van der Waals surface area (Å²) in [4.78, 5) is 0.